The van der Waals surface area contributed by atoms with E-state index in [0.29, 0.717) is 6.54 Å². The van der Waals surface area contributed by atoms with Crippen LogP contribution in [0.4, 0.5) is 0 Å². The van der Waals surface area contributed by atoms with E-state index in [1.165, 1.54) is 4.90 Å². The molecule has 2 rings (SSSR count). The van der Waals surface area contributed by atoms with Crippen molar-refractivity contribution >= 4 is 17.7 Å². The van der Waals surface area contributed by atoms with Crippen LogP contribution >= 0.6 is 0 Å². The zero-order chi connectivity index (χ0) is 18.4. The molecule has 0 aromatic heterocycles. The molecule has 0 aliphatic carbocycles. The largest absolute Gasteiger partial charge is 0.367 e. The number of hydrogen-bond acceptors (Lipinski definition) is 4. The molecular formula is C18H25N3O4. The molecule has 1 fully saturated rings. The second kappa shape index (κ2) is 8.62. The van der Waals surface area contributed by atoms with Crippen molar-refractivity contribution in [2.45, 2.75) is 32.4 Å². The third-order valence-corrected chi connectivity index (χ3v) is 4.15. The maximum atomic E-state index is 12.8. The standard InChI is InChI=1S/C18H25N3O4/c1-12(2)16(20-15(22)10-13-6-4-3-5-7-13)18(24)21-8-9-25-14(11-21)17(19)23/h3-7,12,14,16H,8-11H2,1-2H3,(H2,19,23)(H,20,22)/t14-,16+/m0/s1. The summed E-state index contributed by atoms with van der Waals surface area (Å²) in [5.41, 5.74) is 6.14. The summed E-state index contributed by atoms with van der Waals surface area (Å²) in [4.78, 5) is 37.9. The number of rotatable bonds is 6. The maximum Gasteiger partial charge on any atom is 0.248 e. The Morgan fingerprint density at radius 2 is 1.96 bits per heavy atom. The lowest BCUT2D eigenvalue weighted by Gasteiger charge is -2.35. The Morgan fingerprint density at radius 3 is 2.56 bits per heavy atom. The van der Waals surface area contributed by atoms with Gasteiger partial charge in [0.05, 0.1) is 19.6 Å². The van der Waals surface area contributed by atoms with E-state index in [1.54, 1.807) is 0 Å². The Kier molecular flexibility index (Phi) is 6.52. The summed E-state index contributed by atoms with van der Waals surface area (Å²) in [6.07, 6.45) is -0.588. The summed E-state index contributed by atoms with van der Waals surface area (Å²) in [6.45, 7) is 4.49. The molecule has 0 bridgehead atoms. The summed E-state index contributed by atoms with van der Waals surface area (Å²) in [7, 11) is 0. The van der Waals surface area contributed by atoms with Gasteiger partial charge in [0.2, 0.25) is 17.7 Å². The average Bonchev–Trinajstić information content (AvgIpc) is 2.60. The average molecular weight is 347 g/mol. The van der Waals surface area contributed by atoms with Crippen molar-refractivity contribution in [3.8, 4) is 0 Å². The van der Waals surface area contributed by atoms with Gasteiger partial charge in [-0.3, -0.25) is 14.4 Å². The minimum atomic E-state index is -0.800. The van der Waals surface area contributed by atoms with Crippen LogP contribution in [0.15, 0.2) is 30.3 Å². The fourth-order valence-electron chi connectivity index (χ4n) is 2.74. The van der Waals surface area contributed by atoms with Crippen molar-refractivity contribution in [3.05, 3.63) is 35.9 Å². The van der Waals surface area contributed by atoms with Crippen LogP contribution in [0.5, 0.6) is 0 Å². The van der Waals surface area contributed by atoms with E-state index >= 15 is 0 Å². The van der Waals surface area contributed by atoms with Crippen molar-refractivity contribution in [1.29, 1.82) is 0 Å². The number of carbonyl (C=O) groups excluding carboxylic acids is 3. The molecule has 1 aromatic carbocycles. The Labute approximate surface area is 147 Å². The third kappa shape index (κ3) is 5.29. The molecular weight excluding hydrogens is 322 g/mol. The molecule has 0 saturated carbocycles. The van der Waals surface area contributed by atoms with Gasteiger partial charge in [-0.25, -0.2) is 0 Å². The lowest BCUT2D eigenvalue weighted by atomic mass is 10.0. The minimum Gasteiger partial charge on any atom is -0.367 e. The summed E-state index contributed by atoms with van der Waals surface area (Å²) in [5, 5.41) is 2.82. The molecule has 1 saturated heterocycles. The summed E-state index contributed by atoms with van der Waals surface area (Å²) >= 11 is 0. The number of benzene rings is 1. The number of ether oxygens (including phenoxy) is 1. The van der Waals surface area contributed by atoms with E-state index in [4.69, 9.17) is 10.5 Å². The van der Waals surface area contributed by atoms with Crippen LogP contribution in [0.2, 0.25) is 0 Å². The Morgan fingerprint density at radius 1 is 1.28 bits per heavy atom. The SMILES string of the molecule is CC(C)[C@@H](NC(=O)Cc1ccccc1)C(=O)N1CCO[C@H](C(N)=O)C1. The van der Waals surface area contributed by atoms with Crippen LogP contribution in [-0.4, -0.2) is 54.5 Å². The normalized spacial score (nSPS) is 18.7. The van der Waals surface area contributed by atoms with Crippen molar-refractivity contribution in [2.75, 3.05) is 19.7 Å². The lowest BCUT2D eigenvalue weighted by molar-refractivity contribution is -0.148. The number of morpholine rings is 1. The first-order valence-corrected chi connectivity index (χ1v) is 8.41. The van der Waals surface area contributed by atoms with Crippen LogP contribution < -0.4 is 11.1 Å². The van der Waals surface area contributed by atoms with Crippen molar-refractivity contribution in [1.82, 2.24) is 10.2 Å². The van der Waals surface area contributed by atoms with E-state index < -0.39 is 18.1 Å². The van der Waals surface area contributed by atoms with E-state index in [1.807, 2.05) is 44.2 Å². The predicted octanol–water partition coefficient (Wildman–Crippen LogP) is 0.0826. The van der Waals surface area contributed by atoms with Gasteiger partial charge in [0, 0.05) is 6.54 Å². The Hall–Kier alpha value is -2.41. The topological polar surface area (TPSA) is 102 Å². The molecule has 1 aliphatic heterocycles. The van der Waals surface area contributed by atoms with Gasteiger partial charge < -0.3 is 20.7 Å². The van der Waals surface area contributed by atoms with Crippen LogP contribution in [0.25, 0.3) is 0 Å². The second-order valence-electron chi connectivity index (χ2n) is 6.50. The zero-order valence-electron chi connectivity index (χ0n) is 14.6. The number of primary amides is 1. The first-order valence-electron chi connectivity index (χ1n) is 8.41. The minimum absolute atomic E-state index is 0.0814. The van der Waals surface area contributed by atoms with E-state index in [2.05, 4.69) is 5.32 Å². The Balaban J connectivity index is 2.00. The van der Waals surface area contributed by atoms with Crippen molar-refractivity contribution < 1.29 is 19.1 Å². The molecule has 136 valence electrons. The van der Waals surface area contributed by atoms with Gasteiger partial charge in [0.15, 0.2) is 6.10 Å². The van der Waals surface area contributed by atoms with Crippen LogP contribution in [0, 0.1) is 5.92 Å². The number of nitrogens with one attached hydrogen (secondary N) is 1. The number of hydrogen-bond donors (Lipinski definition) is 2. The van der Waals surface area contributed by atoms with Gasteiger partial charge in [-0.1, -0.05) is 44.2 Å². The van der Waals surface area contributed by atoms with E-state index in [9.17, 15) is 14.4 Å². The highest BCUT2D eigenvalue weighted by molar-refractivity contribution is 5.89. The molecule has 7 heteroatoms. The molecule has 2 atom stereocenters. The fourth-order valence-corrected chi connectivity index (χ4v) is 2.74. The predicted molar refractivity (Wildman–Crippen MR) is 92.4 cm³/mol. The molecule has 3 N–H and O–H groups in total. The molecule has 0 unspecified atom stereocenters. The summed E-state index contributed by atoms with van der Waals surface area (Å²) < 4.78 is 5.26. The molecule has 1 heterocycles. The highest BCUT2D eigenvalue weighted by Crippen LogP contribution is 2.12. The summed E-state index contributed by atoms with van der Waals surface area (Å²) in [5.74, 6) is -1.10. The first-order chi connectivity index (χ1) is 11.9. The lowest BCUT2D eigenvalue weighted by Crippen LogP contribution is -2.57. The Bertz CT molecular complexity index is 618. The van der Waals surface area contributed by atoms with Gasteiger partial charge in [0.1, 0.15) is 6.04 Å². The van der Waals surface area contributed by atoms with E-state index in [0.717, 1.165) is 5.56 Å². The third-order valence-electron chi connectivity index (χ3n) is 4.15. The quantitative estimate of drug-likeness (QED) is 0.761. The molecule has 7 nitrogen and oxygen atoms in total. The van der Waals surface area contributed by atoms with E-state index in [-0.39, 0.29) is 37.3 Å². The molecule has 0 spiro atoms. The highest BCUT2D eigenvalue weighted by atomic mass is 16.5. The van der Waals surface area contributed by atoms with Gasteiger partial charge in [-0.15, -0.1) is 0 Å². The van der Waals surface area contributed by atoms with Gasteiger partial charge in [-0.05, 0) is 11.5 Å². The number of nitrogens with two attached hydrogens (primary N) is 1. The second-order valence-corrected chi connectivity index (χ2v) is 6.50. The molecule has 25 heavy (non-hydrogen) atoms. The van der Waals surface area contributed by atoms with Crippen molar-refractivity contribution in [3.63, 3.8) is 0 Å². The molecule has 1 aliphatic rings. The number of nitrogens with zero attached hydrogens (tertiary/aromatic N) is 1. The van der Waals surface area contributed by atoms with Crippen LogP contribution in [0.1, 0.15) is 19.4 Å². The fraction of sp³-hybridized carbons (Fsp3) is 0.500. The van der Waals surface area contributed by atoms with Gasteiger partial charge in [0.25, 0.3) is 0 Å². The zero-order valence-corrected chi connectivity index (χ0v) is 14.6. The first kappa shape index (κ1) is 18.9. The van der Waals surface area contributed by atoms with Crippen LogP contribution in [0.3, 0.4) is 0 Å². The van der Waals surface area contributed by atoms with Crippen LogP contribution in [-0.2, 0) is 25.5 Å². The smallest absolute Gasteiger partial charge is 0.248 e. The monoisotopic (exact) mass is 347 g/mol. The molecule has 1 aromatic rings. The highest BCUT2D eigenvalue weighted by Gasteiger charge is 2.33. The maximum absolute atomic E-state index is 12.8. The molecule has 0 radical (unpaired) electrons. The van der Waals surface area contributed by atoms with Crippen molar-refractivity contribution in [2.24, 2.45) is 11.7 Å². The number of carbonyl (C=O) groups is 3. The van der Waals surface area contributed by atoms with Gasteiger partial charge in [-0.2, -0.15) is 0 Å². The summed E-state index contributed by atoms with van der Waals surface area (Å²) in [6, 6.07) is 8.70. The number of amides is 3. The van der Waals surface area contributed by atoms with Gasteiger partial charge >= 0.3 is 0 Å². The molecule has 3 amide bonds.